The molecule has 1 amide bonds. The summed E-state index contributed by atoms with van der Waals surface area (Å²) in [5, 5.41) is 6.97. The molecular weight excluding hydrogens is 306 g/mol. The average molecular weight is 329 g/mol. The molecule has 0 radical (unpaired) electrons. The van der Waals surface area contributed by atoms with Gasteiger partial charge in [0.05, 0.1) is 13.3 Å². The van der Waals surface area contributed by atoms with Gasteiger partial charge >= 0.3 is 0 Å². The van der Waals surface area contributed by atoms with Crippen LogP contribution in [0.4, 0.5) is 5.82 Å². The van der Waals surface area contributed by atoms with Gasteiger partial charge in [0, 0.05) is 12.1 Å². The van der Waals surface area contributed by atoms with E-state index in [1.54, 1.807) is 30.1 Å². The molecule has 128 valence electrons. The van der Waals surface area contributed by atoms with Gasteiger partial charge in [-0.05, 0) is 38.5 Å². The maximum Gasteiger partial charge on any atom is 0.263 e. The third kappa shape index (κ3) is 4.38. The van der Waals surface area contributed by atoms with E-state index in [4.69, 9.17) is 9.47 Å². The predicted molar refractivity (Wildman–Crippen MR) is 94.4 cm³/mol. The topological polar surface area (TPSA) is 65.4 Å². The fraction of sp³-hybridized carbons (Fsp3) is 0.333. The number of nitrogens with one attached hydrogen (secondary N) is 1. The first-order chi connectivity index (χ1) is 11.5. The van der Waals surface area contributed by atoms with Gasteiger partial charge in [-0.3, -0.25) is 4.79 Å². The Morgan fingerprint density at radius 3 is 2.79 bits per heavy atom. The fourth-order valence-corrected chi connectivity index (χ4v) is 2.25. The number of allylic oxidation sites excluding steroid dienone is 1. The summed E-state index contributed by atoms with van der Waals surface area (Å²) in [5.41, 5.74) is 1.01. The Morgan fingerprint density at radius 1 is 1.33 bits per heavy atom. The molecule has 0 atom stereocenters. The van der Waals surface area contributed by atoms with E-state index in [2.05, 4.69) is 10.4 Å². The highest BCUT2D eigenvalue weighted by molar-refractivity contribution is 5.91. The molecule has 0 bridgehead atoms. The smallest absolute Gasteiger partial charge is 0.263 e. The maximum atomic E-state index is 12.1. The van der Waals surface area contributed by atoms with Crippen LogP contribution in [0.5, 0.6) is 11.5 Å². The first-order valence-corrected chi connectivity index (χ1v) is 7.82. The lowest BCUT2D eigenvalue weighted by Crippen LogP contribution is -2.22. The third-order valence-electron chi connectivity index (χ3n) is 3.33. The quantitative estimate of drug-likeness (QED) is 0.844. The highest BCUT2D eigenvalue weighted by atomic mass is 16.5. The number of hydrogen-bond donors (Lipinski definition) is 1. The number of benzene rings is 1. The van der Waals surface area contributed by atoms with Crippen LogP contribution in [-0.4, -0.2) is 29.4 Å². The molecule has 1 aromatic carbocycles. The molecule has 2 aromatic rings. The van der Waals surface area contributed by atoms with Gasteiger partial charge in [-0.15, -0.1) is 0 Å². The monoisotopic (exact) mass is 329 g/mol. The lowest BCUT2D eigenvalue weighted by molar-refractivity contribution is -0.118. The van der Waals surface area contributed by atoms with E-state index in [1.807, 2.05) is 45.1 Å². The molecule has 0 aliphatic carbocycles. The molecule has 0 unspecified atom stereocenters. The first-order valence-electron chi connectivity index (χ1n) is 7.82. The number of ether oxygens (including phenoxy) is 2. The van der Waals surface area contributed by atoms with Gasteiger partial charge in [0.2, 0.25) is 0 Å². The Hall–Kier alpha value is -2.76. The largest absolute Gasteiger partial charge is 0.493 e. The Morgan fingerprint density at radius 2 is 2.12 bits per heavy atom. The molecule has 1 aromatic heterocycles. The molecule has 0 spiro atoms. The van der Waals surface area contributed by atoms with Gasteiger partial charge in [0.25, 0.3) is 5.91 Å². The van der Waals surface area contributed by atoms with Crippen molar-refractivity contribution >= 4 is 17.8 Å². The summed E-state index contributed by atoms with van der Waals surface area (Å²) in [6.07, 6.45) is 5.56. The zero-order chi connectivity index (χ0) is 17.5. The van der Waals surface area contributed by atoms with E-state index in [0.717, 1.165) is 5.56 Å². The van der Waals surface area contributed by atoms with Crippen molar-refractivity contribution in [2.75, 3.05) is 19.0 Å². The van der Waals surface area contributed by atoms with Crippen LogP contribution in [0, 0.1) is 0 Å². The molecule has 0 aliphatic heterocycles. The number of hydrogen-bond acceptors (Lipinski definition) is 4. The SMILES string of the molecule is CC=Cc1ccc(OCC(=O)Nc2ccnn2C(C)C)c(OC)c1. The number of methoxy groups -OCH3 is 1. The van der Waals surface area contributed by atoms with Crippen molar-refractivity contribution in [3.63, 3.8) is 0 Å². The van der Waals surface area contributed by atoms with Crippen LogP contribution in [0.1, 0.15) is 32.4 Å². The van der Waals surface area contributed by atoms with Crippen molar-refractivity contribution in [2.45, 2.75) is 26.8 Å². The number of amides is 1. The molecule has 24 heavy (non-hydrogen) atoms. The number of aromatic nitrogens is 2. The van der Waals surface area contributed by atoms with E-state index in [1.165, 1.54) is 0 Å². The summed E-state index contributed by atoms with van der Waals surface area (Å²) in [6, 6.07) is 7.48. The van der Waals surface area contributed by atoms with Crippen molar-refractivity contribution in [1.82, 2.24) is 9.78 Å². The van der Waals surface area contributed by atoms with Crippen LogP contribution in [0.25, 0.3) is 6.08 Å². The van der Waals surface area contributed by atoms with Gasteiger partial charge in [-0.25, -0.2) is 4.68 Å². The molecule has 6 heteroatoms. The summed E-state index contributed by atoms with van der Waals surface area (Å²) >= 11 is 0. The Balaban J connectivity index is 2.00. The second kappa shape index (κ2) is 8.19. The van der Waals surface area contributed by atoms with Gasteiger partial charge in [-0.1, -0.05) is 18.2 Å². The Bertz CT molecular complexity index is 720. The van der Waals surface area contributed by atoms with Crippen LogP contribution in [0.3, 0.4) is 0 Å². The zero-order valence-corrected chi connectivity index (χ0v) is 14.4. The third-order valence-corrected chi connectivity index (χ3v) is 3.33. The van der Waals surface area contributed by atoms with Crippen molar-refractivity contribution in [3.8, 4) is 11.5 Å². The molecule has 0 fully saturated rings. The van der Waals surface area contributed by atoms with Crippen LogP contribution in [0.15, 0.2) is 36.5 Å². The summed E-state index contributed by atoms with van der Waals surface area (Å²) in [5.74, 6) is 1.51. The highest BCUT2D eigenvalue weighted by Crippen LogP contribution is 2.28. The Kier molecular flexibility index (Phi) is 6.01. The molecule has 2 rings (SSSR count). The zero-order valence-electron chi connectivity index (χ0n) is 14.4. The molecule has 1 N–H and O–H groups in total. The van der Waals surface area contributed by atoms with Crippen LogP contribution >= 0.6 is 0 Å². The number of carbonyl (C=O) groups excluding carboxylic acids is 1. The number of rotatable bonds is 7. The first kappa shape index (κ1) is 17.6. The number of anilines is 1. The van der Waals surface area contributed by atoms with Crippen molar-refractivity contribution in [1.29, 1.82) is 0 Å². The maximum absolute atomic E-state index is 12.1. The van der Waals surface area contributed by atoms with E-state index in [-0.39, 0.29) is 18.6 Å². The van der Waals surface area contributed by atoms with Crippen LogP contribution in [0.2, 0.25) is 0 Å². The summed E-state index contributed by atoms with van der Waals surface area (Å²) in [4.78, 5) is 12.1. The lowest BCUT2D eigenvalue weighted by Gasteiger charge is -2.13. The number of nitrogens with zero attached hydrogens (tertiary/aromatic N) is 2. The van der Waals surface area contributed by atoms with E-state index in [0.29, 0.717) is 17.3 Å². The Labute approximate surface area is 142 Å². The second-order valence-corrected chi connectivity index (χ2v) is 5.50. The lowest BCUT2D eigenvalue weighted by atomic mass is 10.2. The molecule has 0 saturated carbocycles. The molecule has 0 aliphatic rings. The predicted octanol–water partition coefficient (Wildman–Crippen LogP) is 3.52. The summed E-state index contributed by atoms with van der Waals surface area (Å²) < 4.78 is 12.6. The van der Waals surface area contributed by atoms with Gasteiger partial charge in [0.15, 0.2) is 18.1 Å². The normalized spacial score (nSPS) is 11.0. The highest BCUT2D eigenvalue weighted by Gasteiger charge is 2.11. The van der Waals surface area contributed by atoms with Gasteiger partial charge in [0.1, 0.15) is 5.82 Å². The van der Waals surface area contributed by atoms with Crippen molar-refractivity contribution in [2.24, 2.45) is 0 Å². The second-order valence-electron chi connectivity index (χ2n) is 5.50. The summed E-state index contributed by atoms with van der Waals surface area (Å²) in [6.45, 7) is 5.83. The minimum Gasteiger partial charge on any atom is -0.493 e. The van der Waals surface area contributed by atoms with E-state index in [9.17, 15) is 4.79 Å². The van der Waals surface area contributed by atoms with E-state index < -0.39 is 0 Å². The molecule has 1 heterocycles. The standard InChI is InChI=1S/C18H23N3O3/c1-5-6-14-7-8-15(16(11-14)23-4)24-12-18(22)20-17-9-10-19-21(17)13(2)3/h5-11,13H,12H2,1-4H3,(H,20,22). The summed E-state index contributed by atoms with van der Waals surface area (Å²) in [7, 11) is 1.57. The van der Waals surface area contributed by atoms with Crippen LogP contribution < -0.4 is 14.8 Å². The van der Waals surface area contributed by atoms with Crippen LogP contribution in [-0.2, 0) is 4.79 Å². The molecule has 6 nitrogen and oxygen atoms in total. The van der Waals surface area contributed by atoms with E-state index >= 15 is 0 Å². The van der Waals surface area contributed by atoms with Crippen molar-refractivity contribution in [3.05, 3.63) is 42.1 Å². The minimum absolute atomic E-state index is 0.109. The fourth-order valence-electron chi connectivity index (χ4n) is 2.25. The van der Waals surface area contributed by atoms with Gasteiger partial charge < -0.3 is 14.8 Å². The van der Waals surface area contributed by atoms with Crippen molar-refractivity contribution < 1.29 is 14.3 Å². The molecular formula is C18H23N3O3. The molecule has 0 saturated heterocycles. The number of carbonyl (C=O) groups is 1. The van der Waals surface area contributed by atoms with Gasteiger partial charge in [-0.2, -0.15) is 5.10 Å². The minimum atomic E-state index is -0.253. The average Bonchev–Trinajstić information content (AvgIpc) is 3.02.